The van der Waals surface area contributed by atoms with Crippen LogP contribution in [0.15, 0.2) is 36.4 Å². The number of rotatable bonds is 4. The van der Waals surface area contributed by atoms with Gasteiger partial charge in [-0.3, -0.25) is 19.6 Å². The highest BCUT2D eigenvalue weighted by Crippen LogP contribution is 2.32. The first kappa shape index (κ1) is 23.5. The lowest BCUT2D eigenvalue weighted by Gasteiger charge is -2.37. The van der Waals surface area contributed by atoms with Gasteiger partial charge >= 0.3 is 0 Å². The van der Waals surface area contributed by atoms with Crippen molar-refractivity contribution in [2.75, 3.05) is 31.1 Å². The molecule has 0 N–H and O–H groups in total. The summed E-state index contributed by atoms with van der Waals surface area (Å²) in [5.41, 5.74) is 5.16. The number of aryl methyl sites for hydroxylation is 3. The number of aromatic nitrogens is 3. The number of nitro benzene ring substituents is 1. The van der Waals surface area contributed by atoms with Crippen LogP contribution in [0.4, 0.5) is 11.4 Å². The largest absolute Gasteiger partial charge is 0.366 e. The molecule has 1 saturated heterocycles. The van der Waals surface area contributed by atoms with Gasteiger partial charge in [0.15, 0.2) is 0 Å². The van der Waals surface area contributed by atoms with Crippen LogP contribution in [0.3, 0.4) is 0 Å². The Hall–Kier alpha value is -3.62. The zero-order valence-corrected chi connectivity index (χ0v) is 20.7. The van der Waals surface area contributed by atoms with Crippen molar-refractivity contribution >= 4 is 17.3 Å². The third-order valence-electron chi connectivity index (χ3n) is 6.46. The van der Waals surface area contributed by atoms with Crippen LogP contribution < -0.4 is 4.90 Å². The van der Waals surface area contributed by atoms with E-state index < -0.39 is 0 Å². The van der Waals surface area contributed by atoms with Crippen LogP contribution in [0.1, 0.15) is 48.3 Å². The molecule has 1 amide bonds. The Balaban J connectivity index is 1.58. The fraction of sp³-hybridized carbons (Fsp3) is 0.440. The van der Waals surface area contributed by atoms with Gasteiger partial charge in [-0.25, -0.2) is 0 Å². The summed E-state index contributed by atoms with van der Waals surface area (Å²) < 4.78 is 3.71. The monoisotopic (exact) mass is 464 g/mol. The minimum atomic E-state index is -0.363. The molecule has 180 valence electrons. The van der Waals surface area contributed by atoms with Crippen molar-refractivity contribution < 1.29 is 9.72 Å². The second-order valence-electron chi connectivity index (χ2n) is 9.95. The Morgan fingerprint density at radius 3 is 2.12 bits per heavy atom. The van der Waals surface area contributed by atoms with E-state index in [1.165, 1.54) is 0 Å². The van der Waals surface area contributed by atoms with E-state index in [9.17, 15) is 14.9 Å². The highest BCUT2D eigenvalue weighted by molar-refractivity contribution is 5.93. The van der Waals surface area contributed by atoms with E-state index in [0.717, 1.165) is 28.5 Å². The molecule has 0 saturated carbocycles. The second-order valence-corrected chi connectivity index (χ2v) is 9.95. The van der Waals surface area contributed by atoms with E-state index in [0.29, 0.717) is 31.9 Å². The van der Waals surface area contributed by atoms with E-state index in [1.807, 2.05) is 54.6 Å². The SMILES string of the molecule is Cc1ccc(C)n1-c1cc([N+](=O)[O-])ccc1N1CCN(C(=O)c2cc(C(C)(C)C)nn2C)CC1. The lowest BCUT2D eigenvalue weighted by Crippen LogP contribution is -2.49. The zero-order valence-electron chi connectivity index (χ0n) is 20.7. The van der Waals surface area contributed by atoms with Gasteiger partial charge in [0.1, 0.15) is 5.69 Å². The Morgan fingerprint density at radius 1 is 0.971 bits per heavy atom. The first-order valence-corrected chi connectivity index (χ1v) is 11.5. The van der Waals surface area contributed by atoms with E-state index in [-0.39, 0.29) is 21.9 Å². The average molecular weight is 465 g/mol. The molecule has 9 nitrogen and oxygen atoms in total. The Bertz CT molecular complexity index is 1220. The van der Waals surface area contributed by atoms with Gasteiger partial charge in [0.05, 0.1) is 22.0 Å². The number of carbonyl (C=O) groups excluding carboxylic acids is 1. The lowest BCUT2D eigenvalue weighted by atomic mass is 9.92. The van der Waals surface area contributed by atoms with Gasteiger partial charge in [-0.2, -0.15) is 5.10 Å². The summed E-state index contributed by atoms with van der Waals surface area (Å²) in [6.45, 7) is 12.6. The summed E-state index contributed by atoms with van der Waals surface area (Å²) in [5, 5.41) is 16.0. The highest BCUT2D eigenvalue weighted by Gasteiger charge is 2.28. The topological polar surface area (TPSA) is 89.4 Å². The third kappa shape index (κ3) is 4.30. The molecule has 0 bridgehead atoms. The van der Waals surface area contributed by atoms with Crippen LogP contribution in [0.25, 0.3) is 5.69 Å². The van der Waals surface area contributed by atoms with Crippen LogP contribution in [0, 0.1) is 24.0 Å². The van der Waals surface area contributed by atoms with Crippen LogP contribution >= 0.6 is 0 Å². The third-order valence-corrected chi connectivity index (χ3v) is 6.46. The molecule has 1 aliphatic heterocycles. The maximum atomic E-state index is 13.2. The van der Waals surface area contributed by atoms with Gasteiger partial charge in [0.2, 0.25) is 0 Å². The van der Waals surface area contributed by atoms with E-state index in [4.69, 9.17) is 0 Å². The zero-order chi connectivity index (χ0) is 24.8. The Labute approximate surface area is 199 Å². The maximum absolute atomic E-state index is 13.2. The molecule has 3 aromatic rings. The fourth-order valence-corrected chi connectivity index (χ4v) is 4.47. The number of non-ortho nitro benzene ring substituents is 1. The second kappa shape index (κ2) is 8.62. The van der Waals surface area contributed by atoms with Crippen LogP contribution in [-0.4, -0.2) is 56.3 Å². The van der Waals surface area contributed by atoms with Gasteiger partial charge in [-0.1, -0.05) is 20.8 Å². The van der Waals surface area contributed by atoms with Gasteiger partial charge in [-0.15, -0.1) is 0 Å². The molecule has 0 radical (unpaired) electrons. The summed E-state index contributed by atoms with van der Waals surface area (Å²) in [4.78, 5) is 28.4. The molecule has 0 aliphatic carbocycles. The Kier molecular flexibility index (Phi) is 5.97. The first-order valence-electron chi connectivity index (χ1n) is 11.5. The molecule has 0 atom stereocenters. The van der Waals surface area contributed by atoms with Crippen molar-refractivity contribution in [1.82, 2.24) is 19.2 Å². The van der Waals surface area contributed by atoms with E-state index in [1.54, 1.807) is 16.8 Å². The van der Waals surface area contributed by atoms with E-state index in [2.05, 4.69) is 30.8 Å². The molecule has 0 spiro atoms. The number of amides is 1. The van der Waals surface area contributed by atoms with Crippen molar-refractivity contribution in [3.63, 3.8) is 0 Å². The molecular weight excluding hydrogens is 432 g/mol. The normalized spacial score (nSPS) is 14.5. The summed E-state index contributed by atoms with van der Waals surface area (Å²) in [5.74, 6) is -0.0221. The molecule has 1 aliphatic rings. The summed E-state index contributed by atoms with van der Waals surface area (Å²) >= 11 is 0. The summed E-state index contributed by atoms with van der Waals surface area (Å²) in [7, 11) is 1.81. The fourth-order valence-electron chi connectivity index (χ4n) is 4.47. The number of anilines is 1. The average Bonchev–Trinajstić information content (AvgIpc) is 3.34. The molecule has 1 fully saturated rings. The van der Waals surface area contributed by atoms with Gasteiger partial charge in [0, 0.05) is 62.2 Å². The molecule has 9 heteroatoms. The van der Waals surface area contributed by atoms with Crippen LogP contribution in [-0.2, 0) is 12.5 Å². The number of hydrogen-bond acceptors (Lipinski definition) is 5. The molecule has 3 heterocycles. The minimum Gasteiger partial charge on any atom is -0.366 e. The standard InChI is InChI=1S/C25H32N6O3/c1-17-7-8-18(2)30(17)21-15-19(31(33)34)9-10-20(21)28-11-13-29(14-12-28)24(32)22-16-23(25(3,4)5)26-27(22)6/h7-10,15-16H,11-14H2,1-6H3. The number of piperazine rings is 1. The maximum Gasteiger partial charge on any atom is 0.272 e. The first-order chi connectivity index (χ1) is 16.0. The Morgan fingerprint density at radius 2 is 1.59 bits per heavy atom. The summed E-state index contributed by atoms with van der Waals surface area (Å²) in [6.07, 6.45) is 0. The number of benzene rings is 1. The molecule has 4 rings (SSSR count). The predicted molar refractivity (Wildman–Crippen MR) is 132 cm³/mol. The number of nitrogens with zero attached hydrogens (tertiary/aromatic N) is 6. The van der Waals surface area contributed by atoms with Gasteiger partial charge in [-0.05, 0) is 38.1 Å². The van der Waals surface area contributed by atoms with Gasteiger partial charge < -0.3 is 14.4 Å². The predicted octanol–water partition coefficient (Wildman–Crippen LogP) is 4.00. The van der Waals surface area contributed by atoms with Gasteiger partial charge in [0.25, 0.3) is 11.6 Å². The lowest BCUT2D eigenvalue weighted by molar-refractivity contribution is -0.384. The summed E-state index contributed by atoms with van der Waals surface area (Å²) in [6, 6.07) is 10.9. The van der Waals surface area contributed by atoms with Crippen molar-refractivity contribution in [3.05, 3.63) is 69.3 Å². The van der Waals surface area contributed by atoms with Crippen molar-refractivity contribution in [2.24, 2.45) is 7.05 Å². The molecule has 0 unspecified atom stereocenters. The number of nitro groups is 1. The molecule has 2 aromatic heterocycles. The smallest absolute Gasteiger partial charge is 0.272 e. The molecule has 1 aromatic carbocycles. The van der Waals surface area contributed by atoms with Crippen molar-refractivity contribution in [1.29, 1.82) is 0 Å². The molecule has 34 heavy (non-hydrogen) atoms. The quantitative estimate of drug-likeness (QED) is 0.430. The minimum absolute atomic E-state index is 0.0221. The van der Waals surface area contributed by atoms with Crippen molar-refractivity contribution in [2.45, 2.75) is 40.0 Å². The number of hydrogen-bond donors (Lipinski definition) is 0. The highest BCUT2D eigenvalue weighted by atomic mass is 16.6. The van der Waals surface area contributed by atoms with Crippen molar-refractivity contribution in [3.8, 4) is 5.69 Å². The number of carbonyl (C=O) groups is 1. The van der Waals surface area contributed by atoms with Crippen LogP contribution in [0.2, 0.25) is 0 Å². The van der Waals surface area contributed by atoms with E-state index >= 15 is 0 Å². The molecular formula is C25H32N6O3. The van der Waals surface area contributed by atoms with Crippen LogP contribution in [0.5, 0.6) is 0 Å².